The van der Waals surface area contributed by atoms with Gasteiger partial charge in [-0.05, 0) is 12.1 Å². The number of rotatable bonds is 1. The lowest BCUT2D eigenvalue weighted by Gasteiger charge is -1.96. The Morgan fingerprint density at radius 1 is 1.40 bits per heavy atom. The molecule has 1 aromatic rings. The Balaban J connectivity index is 3.06. The second-order valence-electron chi connectivity index (χ2n) is 2.03. The van der Waals surface area contributed by atoms with Crippen LogP contribution in [-0.2, 0) is 0 Å². The van der Waals surface area contributed by atoms with Gasteiger partial charge in [-0.25, -0.2) is 4.39 Å². The molecule has 0 heterocycles. The van der Waals surface area contributed by atoms with Gasteiger partial charge < -0.3 is 5.11 Å². The molecule has 10 heavy (non-hydrogen) atoms. The lowest BCUT2D eigenvalue weighted by atomic mass is 9.73. The fraction of sp³-hybridized carbons (Fsp3) is 0.143. The molecule has 0 bridgehead atoms. The second-order valence-corrected chi connectivity index (χ2v) is 2.03. The van der Waals surface area contributed by atoms with E-state index in [0.717, 1.165) is 6.07 Å². The Morgan fingerprint density at radius 3 is 2.60 bits per heavy atom. The van der Waals surface area contributed by atoms with Gasteiger partial charge in [0.05, 0.1) is 0 Å². The van der Waals surface area contributed by atoms with Crippen molar-refractivity contribution in [2.45, 2.75) is 6.82 Å². The second kappa shape index (κ2) is 2.73. The third kappa shape index (κ3) is 1.50. The number of halogens is 1. The quantitative estimate of drug-likeness (QED) is 0.570. The molecule has 51 valence electrons. The van der Waals surface area contributed by atoms with Crippen LogP contribution in [0.4, 0.5) is 4.39 Å². The summed E-state index contributed by atoms with van der Waals surface area (Å²) in [6, 6.07) is 3.94. The normalized spacial score (nSPS) is 9.40. The van der Waals surface area contributed by atoms with Crippen LogP contribution >= 0.6 is 0 Å². The van der Waals surface area contributed by atoms with E-state index < -0.39 is 5.82 Å². The van der Waals surface area contributed by atoms with Crippen LogP contribution in [0.2, 0.25) is 6.82 Å². The molecule has 0 unspecified atom stereocenters. The largest absolute Gasteiger partial charge is 0.508 e. The molecule has 0 aliphatic heterocycles. The average Bonchev–Trinajstić information content (AvgIpc) is 1.85. The molecule has 1 radical (unpaired) electrons. The van der Waals surface area contributed by atoms with Crippen molar-refractivity contribution < 1.29 is 9.50 Å². The molecule has 0 aliphatic carbocycles. The van der Waals surface area contributed by atoms with Crippen LogP contribution < -0.4 is 5.46 Å². The molecule has 3 heteroatoms. The first kappa shape index (κ1) is 7.13. The minimum Gasteiger partial charge on any atom is -0.508 e. The van der Waals surface area contributed by atoms with E-state index in [1.165, 1.54) is 12.1 Å². The predicted octanol–water partition coefficient (Wildman–Crippen LogP) is 0.909. The topological polar surface area (TPSA) is 20.2 Å². The molecule has 0 fully saturated rings. The fourth-order valence-corrected chi connectivity index (χ4v) is 0.763. The van der Waals surface area contributed by atoms with E-state index in [2.05, 4.69) is 0 Å². The number of phenolic OH excluding ortho intramolecular Hbond substituents is 1. The minimum atomic E-state index is -0.409. The monoisotopic (exact) mass is 137 g/mol. The molecule has 1 rings (SSSR count). The van der Waals surface area contributed by atoms with Crippen LogP contribution in [0.5, 0.6) is 5.75 Å². The lowest BCUT2D eigenvalue weighted by Crippen LogP contribution is -2.09. The molecule has 1 aromatic carbocycles. The van der Waals surface area contributed by atoms with Crippen LogP contribution in [-0.4, -0.2) is 12.4 Å². The molecular weight excluding hydrogens is 130 g/mol. The van der Waals surface area contributed by atoms with Gasteiger partial charge in [-0.15, -0.1) is 0 Å². The Kier molecular flexibility index (Phi) is 1.95. The maximum atomic E-state index is 12.4. The summed E-state index contributed by atoms with van der Waals surface area (Å²) in [7, 11) is 1.72. The zero-order chi connectivity index (χ0) is 7.56. The van der Waals surface area contributed by atoms with Crippen molar-refractivity contribution in [2.24, 2.45) is 0 Å². The zero-order valence-corrected chi connectivity index (χ0v) is 5.63. The van der Waals surface area contributed by atoms with Gasteiger partial charge in [-0.2, -0.15) is 0 Å². The van der Waals surface area contributed by atoms with E-state index in [9.17, 15) is 4.39 Å². The van der Waals surface area contributed by atoms with E-state index in [-0.39, 0.29) is 5.75 Å². The summed E-state index contributed by atoms with van der Waals surface area (Å²) in [5, 5.41) is 8.86. The van der Waals surface area contributed by atoms with Gasteiger partial charge in [-0.1, -0.05) is 12.3 Å². The first-order valence-corrected chi connectivity index (χ1v) is 3.01. The summed E-state index contributed by atoms with van der Waals surface area (Å²) in [5.74, 6) is -0.443. The van der Waals surface area contributed by atoms with Crippen molar-refractivity contribution in [3.8, 4) is 5.75 Å². The van der Waals surface area contributed by atoms with Gasteiger partial charge in [0.2, 0.25) is 0 Å². The van der Waals surface area contributed by atoms with Crippen LogP contribution in [0.1, 0.15) is 0 Å². The van der Waals surface area contributed by atoms with E-state index in [4.69, 9.17) is 5.11 Å². The van der Waals surface area contributed by atoms with Crippen molar-refractivity contribution in [1.29, 1.82) is 0 Å². The first-order valence-electron chi connectivity index (χ1n) is 3.01. The Bertz CT molecular complexity index is 217. The van der Waals surface area contributed by atoms with E-state index >= 15 is 0 Å². The smallest absolute Gasteiger partial charge is 0.148 e. The fourth-order valence-electron chi connectivity index (χ4n) is 0.763. The van der Waals surface area contributed by atoms with Crippen LogP contribution in [0.15, 0.2) is 18.2 Å². The molecule has 0 saturated carbocycles. The molecule has 0 spiro atoms. The zero-order valence-electron chi connectivity index (χ0n) is 5.63. The minimum absolute atomic E-state index is 0.0342. The highest BCUT2D eigenvalue weighted by molar-refractivity contribution is 6.51. The van der Waals surface area contributed by atoms with Gasteiger partial charge >= 0.3 is 0 Å². The van der Waals surface area contributed by atoms with Gasteiger partial charge in [0, 0.05) is 6.07 Å². The number of hydrogen-bond donors (Lipinski definition) is 1. The first-order chi connectivity index (χ1) is 4.72. The van der Waals surface area contributed by atoms with Crippen molar-refractivity contribution in [1.82, 2.24) is 0 Å². The summed E-state index contributed by atoms with van der Waals surface area (Å²) >= 11 is 0. The van der Waals surface area contributed by atoms with Crippen molar-refractivity contribution >= 4 is 12.7 Å². The maximum absolute atomic E-state index is 12.4. The molecule has 0 aromatic heterocycles. The molecule has 0 amide bonds. The van der Waals surface area contributed by atoms with Crippen molar-refractivity contribution in [3.63, 3.8) is 0 Å². The molecular formula is C7H7BFO. The molecule has 1 nitrogen and oxygen atoms in total. The van der Waals surface area contributed by atoms with Crippen molar-refractivity contribution in [3.05, 3.63) is 24.0 Å². The number of phenols is 1. The summed E-state index contributed by atoms with van der Waals surface area (Å²) in [6.07, 6.45) is 0. The van der Waals surface area contributed by atoms with Gasteiger partial charge in [-0.3, -0.25) is 0 Å². The van der Waals surface area contributed by atoms with Crippen LogP contribution in [0.3, 0.4) is 0 Å². The third-order valence-corrected chi connectivity index (χ3v) is 1.24. The third-order valence-electron chi connectivity index (χ3n) is 1.24. The van der Waals surface area contributed by atoms with Crippen molar-refractivity contribution in [2.75, 3.05) is 0 Å². The average molecular weight is 137 g/mol. The number of hydrogen-bond acceptors (Lipinski definition) is 1. The number of benzene rings is 1. The Hall–Kier alpha value is -0.985. The lowest BCUT2D eigenvalue weighted by molar-refractivity contribution is 0.470. The summed E-state index contributed by atoms with van der Waals surface area (Å²) in [4.78, 5) is 0. The van der Waals surface area contributed by atoms with Gasteiger partial charge in [0.15, 0.2) is 0 Å². The summed E-state index contributed by atoms with van der Waals surface area (Å²) < 4.78 is 12.4. The summed E-state index contributed by atoms with van der Waals surface area (Å²) in [6.45, 7) is 1.79. The van der Waals surface area contributed by atoms with Crippen LogP contribution in [0, 0.1) is 5.82 Å². The van der Waals surface area contributed by atoms with Gasteiger partial charge in [0.1, 0.15) is 18.8 Å². The number of aromatic hydroxyl groups is 1. The highest BCUT2D eigenvalue weighted by Gasteiger charge is 1.96. The highest BCUT2D eigenvalue weighted by atomic mass is 19.1. The SMILES string of the molecule is C[B]c1cc(O)cc(F)c1. The predicted molar refractivity (Wildman–Crippen MR) is 39.3 cm³/mol. The van der Waals surface area contributed by atoms with E-state index in [1.54, 1.807) is 14.1 Å². The molecule has 0 atom stereocenters. The highest BCUT2D eigenvalue weighted by Crippen LogP contribution is 2.06. The maximum Gasteiger partial charge on any atom is 0.148 e. The Morgan fingerprint density at radius 2 is 2.10 bits per heavy atom. The Labute approximate surface area is 59.7 Å². The van der Waals surface area contributed by atoms with Crippen LogP contribution in [0.25, 0.3) is 0 Å². The molecule has 0 saturated heterocycles. The summed E-state index contributed by atoms with van der Waals surface area (Å²) in [5.41, 5.74) is 0.692. The molecule has 1 N–H and O–H groups in total. The van der Waals surface area contributed by atoms with Gasteiger partial charge in [0.25, 0.3) is 0 Å². The van der Waals surface area contributed by atoms with E-state index in [1.807, 2.05) is 0 Å². The van der Waals surface area contributed by atoms with E-state index in [0.29, 0.717) is 5.46 Å². The molecule has 0 aliphatic rings. The standard InChI is InChI=1S/C7H7BFO/c1-8-5-2-6(9)4-7(10)3-5/h2-4,10H,1H3.